The molecule has 0 amide bonds. The maximum atomic E-state index is 12.8. The summed E-state index contributed by atoms with van der Waals surface area (Å²) in [5.41, 5.74) is 6.00. The van der Waals surface area contributed by atoms with Gasteiger partial charge in [-0.1, -0.05) is 41.7 Å². The molecular weight excluding hydrogens is 303 g/mol. The molecule has 0 aliphatic rings. The molecule has 1 aromatic carbocycles. The van der Waals surface area contributed by atoms with Crippen LogP contribution in [0.15, 0.2) is 30.3 Å². The van der Waals surface area contributed by atoms with Crippen LogP contribution in [0.25, 0.3) is 4.96 Å². The molecule has 0 aliphatic carbocycles. The van der Waals surface area contributed by atoms with Crippen LogP contribution in [-0.2, 0) is 11.7 Å². The Balaban J connectivity index is 2.12. The molecule has 2 aromatic heterocycles. The number of hydrogen-bond donors (Lipinski definition) is 1. The molecule has 3 rings (SSSR count). The third kappa shape index (κ3) is 2.28. The molecule has 2 N–H and O–H groups in total. The Labute approximate surface area is 121 Å². The van der Waals surface area contributed by atoms with Gasteiger partial charge in [0.05, 0.1) is 5.54 Å². The van der Waals surface area contributed by atoms with Gasteiger partial charge in [0.1, 0.15) is 5.01 Å². The Bertz CT molecular complexity index is 775. The average Bonchev–Trinajstić information content (AvgIpc) is 2.98. The number of halogens is 3. The molecule has 0 aliphatic heterocycles. The first-order chi connectivity index (χ1) is 9.80. The van der Waals surface area contributed by atoms with E-state index in [9.17, 15) is 13.2 Å². The smallest absolute Gasteiger partial charge is 0.316 e. The highest BCUT2D eigenvalue weighted by atomic mass is 32.1. The molecule has 9 heteroatoms. The predicted octanol–water partition coefficient (Wildman–Crippen LogP) is 2.43. The third-order valence-corrected chi connectivity index (χ3v) is 4.20. The summed E-state index contributed by atoms with van der Waals surface area (Å²) in [6, 6.07) is 9.05. The van der Waals surface area contributed by atoms with Crippen LogP contribution in [0.5, 0.6) is 0 Å². The monoisotopic (exact) mass is 313 g/mol. The van der Waals surface area contributed by atoms with E-state index in [-0.39, 0.29) is 4.96 Å². The number of fused-ring (bicyclic) bond motifs is 1. The van der Waals surface area contributed by atoms with Crippen molar-refractivity contribution in [1.82, 2.24) is 19.8 Å². The van der Waals surface area contributed by atoms with Gasteiger partial charge in [-0.15, -0.1) is 10.2 Å². The summed E-state index contributed by atoms with van der Waals surface area (Å²) in [4.78, 5) is 0.0601. The molecule has 0 spiro atoms. The quantitative estimate of drug-likeness (QED) is 0.789. The van der Waals surface area contributed by atoms with Crippen molar-refractivity contribution in [2.45, 2.75) is 18.6 Å². The Morgan fingerprint density at radius 3 is 2.43 bits per heavy atom. The maximum absolute atomic E-state index is 12.8. The van der Waals surface area contributed by atoms with E-state index in [1.807, 2.05) is 18.2 Å². The topological polar surface area (TPSA) is 69.1 Å². The van der Waals surface area contributed by atoms with Crippen molar-refractivity contribution < 1.29 is 13.2 Å². The Hall–Kier alpha value is -2.00. The summed E-state index contributed by atoms with van der Waals surface area (Å²) < 4.78 is 39.1. The molecule has 2 heterocycles. The maximum Gasteiger partial charge on any atom is 0.453 e. The lowest BCUT2D eigenvalue weighted by atomic mass is 9.94. The van der Waals surface area contributed by atoms with Crippen LogP contribution in [0.1, 0.15) is 23.3 Å². The molecule has 3 aromatic rings. The second-order valence-corrected chi connectivity index (χ2v) is 5.65. The van der Waals surface area contributed by atoms with Crippen molar-refractivity contribution in [3.05, 3.63) is 46.7 Å². The fourth-order valence-electron chi connectivity index (χ4n) is 1.91. The zero-order chi connectivity index (χ0) is 15.3. The van der Waals surface area contributed by atoms with Crippen LogP contribution in [0.4, 0.5) is 13.2 Å². The standard InChI is InChI=1S/C12H10F3N5S/c1-11(16,7-5-3-2-4-6-7)9-19-20-8(12(13,14)15)17-18-10(20)21-9/h2-6H,16H2,1H3. The second kappa shape index (κ2) is 4.50. The van der Waals surface area contributed by atoms with Crippen molar-refractivity contribution in [2.24, 2.45) is 5.73 Å². The van der Waals surface area contributed by atoms with Crippen molar-refractivity contribution in [3.63, 3.8) is 0 Å². The molecular formula is C12H10F3N5S. The molecule has 0 bridgehead atoms. The fraction of sp³-hybridized carbons (Fsp3) is 0.250. The normalized spacial score (nSPS) is 15.3. The van der Waals surface area contributed by atoms with Gasteiger partial charge in [0.2, 0.25) is 4.96 Å². The number of alkyl halides is 3. The van der Waals surface area contributed by atoms with Gasteiger partial charge in [-0.05, 0) is 12.5 Å². The van der Waals surface area contributed by atoms with Crippen LogP contribution in [0, 0.1) is 0 Å². The average molecular weight is 313 g/mol. The lowest BCUT2D eigenvalue weighted by Crippen LogP contribution is -2.34. The van der Waals surface area contributed by atoms with E-state index >= 15 is 0 Å². The highest BCUT2D eigenvalue weighted by Crippen LogP contribution is 2.33. The number of aromatic nitrogens is 4. The van der Waals surface area contributed by atoms with Crippen LogP contribution < -0.4 is 5.73 Å². The number of benzene rings is 1. The first-order valence-corrected chi connectivity index (χ1v) is 6.76. The van der Waals surface area contributed by atoms with E-state index in [1.165, 1.54) is 0 Å². The highest BCUT2D eigenvalue weighted by Gasteiger charge is 2.39. The van der Waals surface area contributed by atoms with Crippen LogP contribution >= 0.6 is 11.3 Å². The molecule has 0 fully saturated rings. The van der Waals surface area contributed by atoms with E-state index in [0.717, 1.165) is 16.9 Å². The fourth-order valence-corrected chi connectivity index (χ4v) is 2.83. The summed E-state index contributed by atoms with van der Waals surface area (Å²) in [5.74, 6) is -1.15. The molecule has 21 heavy (non-hydrogen) atoms. The molecule has 5 nitrogen and oxygen atoms in total. The first-order valence-electron chi connectivity index (χ1n) is 5.94. The van der Waals surface area contributed by atoms with Gasteiger partial charge < -0.3 is 5.73 Å². The molecule has 1 atom stereocenters. The Morgan fingerprint density at radius 1 is 1.14 bits per heavy atom. The van der Waals surface area contributed by atoms with E-state index in [2.05, 4.69) is 15.3 Å². The molecule has 1 unspecified atom stereocenters. The lowest BCUT2D eigenvalue weighted by Gasteiger charge is -2.21. The second-order valence-electron chi connectivity index (χ2n) is 4.69. The van der Waals surface area contributed by atoms with Crippen molar-refractivity contribution in [1.29, 1.82) is 0 Å². The SMILES string of the molecule is CC(N)(c1ccccc1)c1nn2c(C(F)(F)F)nnc2s1. The molecule has 0 radical (unpaired) electrons. The van der Waals surface area contributed by atoms with Gasteiger partial charge in [-0.3, -0.25) is 0 Å². The van der Waals surface area contributed by atoms with E-state index < -0.39 is 17.5 Å². The zero-order valence-corrected chi connectivity index (χ0v) is 11.6. The number of rotatable bonds is 2. The summed E-state index contributed by atoms with van der Waals surface area (Å²) in [7, 11) is 0. The summed E-state index contributed by atoms with van der Waals surface area (Å²) in [5, 5.41) is 10.9. The van der Waals surface area contributed by atoms with Gasteiger partial charge in [-0.2, -0.15) is 22.8 Å². The van der Waals surface area contributed by atoms with E-state index in [4.69, 9.17) is 5.73 Å². The number of nitrogens with two attached hydrogens (primary N) is 1. The van der Waals surface area contributed by atoms with Gasteiger partial charge in [-0.25, -0.2) is 0 Å². The van der Waals surface area contributed by atoms with Crippen LogP contribution in [0.2, 0.25) is 0 Å². The Morgan fingerprint density at radius 2 is 1.81 bits per heavy atom. The van der Waals surface area contributed by atoms with E-state index in [0.29, 0.717) is 9.52 Å². The summed E-state index contributed by atoms with van der Waals surface area (Å²) >= 11 is 0.989. The highest BCUT2D eigenvalue weighted by molar-refractivity contribution is 7.16. The minimum atomic E-state index is -4.61. The largest absolute Gasteiger partial charge is 0.453 e. The first kappa shape index (κ1) is 14.0. The molecule has 0 saturated carbocycles. The number of hydrogen-bond acceptors (Lipinski definition) is 5. The molecule has 0 saturated heterocycles. The van der Waals surface area contributed by atoms with Gasteiger partial charge in [0.25, 0.3) is 5.82 Å². The van der Waals surface area contributed by atoms with Crippen molar-refractivity contribution in [3.8, 4) is 0 Å². The lowest BCUT2D eigenvalue weighted by molar-refractivity contribution is -0.146. The van der Waals surface area contributed by atoms with E-state index in [1.54, 1.807) is 19.1 Å². The summed E-state index contributed by atoms with van der Waals surface area (Å²) in [6.45, 7) is 1.70. The van der Waals surface area contributed by atoms with Crippen molar-refractivity contribution in [2.75, 3.05) is 0 Å². The number of nitrogens with zero attached hydrogens (tertiary/aromatic N) is 4. The van der Waals surface area contributed by atoms with Gasteiger partial charge >= 0.3 is 6.18 Å². The Kier molecular flexibility index (Phi) is 2.99. The molecule has 110 valence electrons. The minimum absolute atomic E-state index is 0.0601. The third-order valence-electron chi connectivity index (χ3n) is 3.06. The van der Waals surface area contributed by atoms with Gasteiger partial charge in [0.15, 0.2) is 0 Å². The predicted molar refractivity (Wildman–Crippen MR) is 70.7 cm³/mol. The van der Waals surface area contributed by atoms with Crippen LogP contribution in [-0.4, -0.2) is 19.8 Å². The van der Waals surface area contributed by atoms with Gasteiger partial charge in [0, 0.05) is 0 Å². The minimum Gasteiger partial charge on any atom is -0.316 e. The van der Waals surface area contributed by atoms with Crippen molar-refractivity contribution >= 4 is 16.3 Å². The summed E-state index contributed by atoms with van der Waals surface area (Å²) in [6.07, 6.45) is -4.61. The zero-order valence-electron chi connectivity index (χ0n) is 10.8. The van der Waals surface area contributed by atoms with Crippen LogP contribution in [0.3, 0.4) is 0 Å².